The second kappa shape index (κ2) is 6.91. The number of nitrogens with zero attached hydrogens (tertiary/aromatic N) is 3. The van der Waals surface area contributed by atoms with Crippen molar-refractivity contribution in [2.45, 2.75) is 19.3 Å². The summed E-state index contributed by atoms with van der Waals surface area (Å²) in [6.45, 7) is 0.986. The maximum atomic E-state index is 12.5. The minimum absolute atomic E-state index is 0.430. The molecule has 1 fully saturated rings. The van der Waals surface area contributed by atoms with Gasteiger partial charge in [-0.1, -0.05) is 11.6 Å². The number of aromatic hydroxyl groups is 2. The molecule has 1 aromatic carbocycles. The second-order valence-corrected chi connectivity index (χ2v) is 5.81. The van der Waals surface area contributed by atoms with Crippen molar-refractivity contribution in [1.29, 1.82) is 0 Å². The zero-order chi connectivity index (χ0) is 18.0. The lowest BCUT2D eigenvalue weighted by Gasteiger charge is -2.30. The van der Waals surface area contributed by atoms with Crippen LogP contribution < -0.4 is 0 Å². The Morgan fingerprint density at radius 2 is 1.88 bits per heavy atom. The number of carbonyl (C=O) groups is 2. The van der Waals surface area contributed by atoms with Crippen LogP contribution in [0.25, 0.3) is 0 Å². The molecule has 1 aromatic rings. The van der Waals surface area contributed by atoms with Gasteiger partial charge >= 0.3 is 11.7 Å². The summed E-state index contributed by atoms with van der Waals surface area (Å²) in [5.74, 6) is -2.93. The summed E-state index contributed by atoms with van der Waals surface area (Å²) < 4.78 is 0. The van der Waals surface area contributed by atoms with E-state index < -0.39 is 44.6 Å². The highest BCUT2D eigenvalue weighted by atomic mass is 35.5. The number of imide groups is 1. The van der Waals surface area contributed by atoms with Crippen LogP contribution in [0, 0.1) is 10.1 Å². The molecule has 0 atom stereocenters. The molecule has 1 aliphatic heterocycles. The fourth-order valence-corrected chi connectivity index (χ4v) is 2.82. The molecule has 24 heavy (non-hydrogen) atoms. The molecule has 1 heterocycles. The summed E-state index contributed by atoms with van der Waals surface area (Å²) >= 11 is 5.83. The maximum absolute atomic E-state index is 12.5. The predicted octanol–water partition coefficient (Wildman–Crippen LogP) is 2.34. The van der Waals surface area contributed by atoms with Gasteiger partial charge in [0.15, 0.2) is 5.75 Å². The van der Waals surface area contributed by atoms with Gasteiger partial charge in [0.05, 0.1) is 9.95 Å². The van der Waals surface area contributed by atoms with Crippen LogP contribution >= 0.6 is 11.6 Å². The Morgan fingerprint density at radius 3 is 2.42 bits per heavy atom. The number of rotatable bonds is 2. The van der Waals surface area contributed by atoms with Crippen LogP contribution in [0.1, 0.15) is 29.6 Å². The van der Waals surface area contributed by atoms with E-state index in [1.54, 1.807) is 0 Å². The third-order valence-electron chi connectivity index (χ3n) is 3.82. The van der Waals surface area contributed by atoms with Crippen LogP contribution in [0.3, 0.4) is 0 Å². The van der Waals surface area contributed by atoms with Crippen LogP contribution in [0.15, 0.2) is 6.07 Å². The Hall–Kier alpha value is -2.55. The van der Waals surface area contributed by atoms with Crippen molar-refractivity contribution in [2.24, 2.45) is 0 Å². The third kappa shape index (κ3) is 3.21. The molecule has 1 saturated heterocycles. The molecule has 3 amide bonds. The molecular weight excluding hydrogens is 342 g/mol. The Balaban J connectivity index is 2.40. The van der Waals surface area contributed by atoms with E-state index in [-0.39, 0.29) is 0 Å². The van der Waals surface area contributed by atoms with Crippen LogP contribution in [-0.4, -0.2) is 57.0 Å². The molecule has 0 bridgehead atoms. The maximum Gasteiger partial charge on any atom is 0.328 e. The molecule has 1 aliphatic rings. The number of nitro benzene ring substituents is 1. The number of phenols is 2. The molecular formula is C14H16ClN3O6. The number of urea groups is 1. The first-order valence-corrected chi connectivity index (χ1v) is 7.59. The SMILES string of the molecule is CN(C(=O)c1c(Cl)cc(O)c(O)c1[N+](=O)[O-])C(=O)N1CCCCC1. The topological polar surface area (TPSA) is 124 Å². The summed E-state index contributed by atoms with van der Waals surface area (Å²) in [5.41, 5.74) is -1.69. The van der Waals surface area contributed by atoms with Crippen LogP contribution in [0.5, 0.6) is 11.5 Å². The zero-order valence-electron chi connectivity index (χ0n) is 12.9. The Labute approximate surface area is 142 Å². The van der Waals surface area contributed by atoms with Crippen molar-refractivity contribution >= 4 is 29.2 Å². The Kier molecular flexibility index (Phi) is 5.13. The molecule has 10 heteroatoms. The van der Waals surface area contributed by atoms with Gasteiger partial charge in [0, 0.05) is 26.2 Å². The van der Waals surface area contributed by atoms with Crippen LogP contribution in [-0.2, 0) is 0 Å². The van der Waals surface area contributed by atoms with Gasteiger partial charge in [-0.15, -0.1) is 0 Å². The van der Waals surface area contributed by atoms with Gasteiger partial charge in [0.25, 0.3) is 5.91 Å². The first kappa shape index (κ1) is 17.8. The quantitative estimate of drug-likeness (QED) is 0.475. The summed E-state index contributed by atoms with van der Waals surface area (Å²) in [5, 5.41) is 29.8. The van der Waals surface area contributed by atoms with E-state index in [4.69, 9.17) is 11.6 Å². The predicted molar refractivity (Wildman–Crippen MR) is 84.3 cm³/mol. The summed E-state index contributed by atoms with van der Waals surface area (Å²) in [6.07, 6.45) is 2.62. The summed E-state index contributed by atoms with van der Waals surface area (Å²) in [4.78, 5) is 37.2. The largest absolute Gasteiger partial charge is 0.504 e. The number of phenolic OH excluding ortho intramolecular Hbond substituents is 2. The van der Waals surface area contributed by atoms with Gasteiger partial charge in [-0.2, -0.15) is 0 Å². The molecule has 0 aromatic heterocycles. The van der Waals surface area contributed by atoms with Gasteiger partial charge in [0.2, 0.25) is 5.75 Å². The third-order valence-corrected chi connectivity index (χ3v) is 4.12. The number of benzene rings is 1. The number of hydrogen-bond acceptors (Lipinski definition) is 6. The summed E-state index contributed by atoms with van der Waals surface area (Å²) in [6, 6.07) is 0.216. The minimum atomic E-state index is -1.08. The van der Waals surface area contributed by atoms with Gasteiger partial charge in [0.1, 0.15) is 5.56 Å². The molecule has 0 aliphatic carbocycles. The van der Waals surface area contributed by atoms with E-state index in [1.165, 1.54) is 11.9 Å². The van der Waals surface area contributed by atoms with E-state index >= 15 is 0 Å². The Morgan fingerprint density at radius 1 is 1.29 bits per heavy atom. The highest BCUT2D eigenvalue weighted by Gasteiger charge is 2.35. The lowest BCUT2D eigenvalue weighted by atomic mass is 10.1. The van der Waals surface area contributed by atoms with Crippen LogP contribution in [0.4, 0.5) is 10.5 Å². The number of amides is 3. The van der Waals surface area contributed by atoms with Crippen molar-refractivity contribution in [1.82, 2.24) is 9.80 Å². The first-order chi connectivity index (χ1) is 11.3. The normalized spacial score (nSPS) is 14.3. The summed E-state index contributed by atoms with van der Waals surface area (Å²) in [7, 11) is 1.18. The number of halogens is 1. The highest BCUT2D eigenvalue weighted by Crippen LogP contribution is 2.42. The standard InChI is InChI=1S/C14H16ClN3O6/c1-16(14(22)17-5-3-2-4-6-17)13(21)10-8(15)7-9(19)12(20)11(10)18(23)24/h7,19-20H,2-6H2,1H3. The fraction of sp³-hybridized carbons (Fsp3) is 0.429. The fourth-order valence-electron chi connectivity index (χ4n) is 2.55. The molecule has 130 valence electrons. The monoisotopic (exact) mass is 357 g/mol. The van der Waals surface area contributed by atoms with Gasteiger partial charge < -0.3 is 15.1 Å². The lowest BCUT2D eigenvalue weighted by Crippen LogP contribution is -2.46. The van der Waals surface area contributed by atoms with Crippen molar-refractivity contribution in [3.63, 3.8) is 0 Å². The van der Waals surface area contributed by atoms with E-state index in [0.29, 0.717) is 13.1 Å². The van der Waals surface area contributed by atoms with Crippen molar-refractivity contribution in [3.05, 3.63) is 26.8 Å². The number of likely N-dealkylation sites (tertiary alicyclic amines) is 1. The minimum Gasteiger partial charge on any atom is -0.504 e. The van der Waals surface area contributed by atoms with E-state index in [1.807, 2.05) is 0 Å². The average Bonchev–Trinajstić information content (AvgIpc) is 2.56. The van der Waals surface area contributed by atoms with Gasteiger partial charge in [-0.05, 0) is 19.3 Å². The van der Waals surface area contributed by atoms with Crippen LogP contribution in [0.2, 0.25) is 5.02 Å². The van der Waals surface area contributed by atoms with E-state index in [2.05, 4.69) is 0 Å². The average molecular weight is 358 g/mol. The van der Waals surface area contributed by atoms with E-state index in [0.717, 1.165) is 30.2 Å². The second-order valence-electron chi connectivity index (χ2n) is 5.40. The Bertz CT molecular complexity index is 702. The molecule has 0 spiro atoms. The number of piperidine rings is 1. The molecule has 2 N–H and O–H groups in total. The number of carbonyl (C=O) groups excluding carboxylic acids is 2. The lowest BCUT2D eigenvalue weighted by molar-refractivity contribution is -0.386. The molecule has 9 nitrogen and oxygen atoms in total. The molecule has 2 rings (SSSR count). The number of hydrogen-bond donors (Lipinski definition) is 2. The number of nitro groups is 1. The van der Waals surface area contributed by atoms with E-state index in [9.17, 15) is 29.9 Å². The molecule has 0 saturated carbocycles. The van der Waals surface area contributed by atoms with Crippen molar-refractivity contribution in [2.75, 3.05) is 20.1 Å². The highest BCUT2D eigenvalue weighted by molar-refractivity contribution is 6.35. The molecule has 0 radical (unpaired) electrons. The zero-order valence-corrected chi connectivity index (χ0v) is 13.6. The first-order valence-electron chi connectivity index (χ1n) is 7.21. The van der Waals surface area contributed by atoms with Crippen molar-refractivity contribution < 1.29 is 24.7 Å². The van der Waals surface area contributed by atoms with Crippen molar-refractivity contribution in [3.8, 4) is 11.5 Å². The van der Waals surface area contributed by atoms with Gasteiger partial charge in [-0.3, -0.25) is 19.8 Å². The molecule has 0 unspecified atom stereocenters. The smallest absolute Gasteiger partial charge is 0.328 e. The van der Waals surface area contributed by atoms with Gasteiger partial charge in [-0.25, -0.2) is 4.79 Å².